The molecule has 0 bridgehead atoms. The van der Waals surface area contributed by atoms with Gasteiger partial charge in [0.1, 0.15) is 0 Å². The summed E-state index contributed by atoms with van der Waals surface area (Å²) in [5, 5.41) is 0. The zero-order chi connectivity index (χ0) is 24.9. The van der Waals surface area contributed by atoms with Crippen molar-refractivity contribution in [2.45, 2.75) is 0 Å². The molecule has 0 aromatic heterocycles. The summed E-state index contributed by atoms with van der Waals surface area (Å²) in [6, 6.07) is 41.4. The zero-order valence-electron chi connectivity index (χ0n) is 20.2. The van der Waals surface area contributed by atoms with Crippen LogP contribution >= 0.6 is 0 Å². The summed E-state index contributed by atoms with van der Waals surface area (Å²) in [6.45, 7) is 0. The quantitative estimate of drug-likeness (QED) is 0.189. The van der Waals surface area contributed by atoms with Crippen LogP contribution in [0.15, 0.2) is 162 Å². The number of allylic oxidation sites excluding steroid dienone is 6. The number of benzene rings is 4. The standard InChI is InChI=1S/C34H25O2Se/c1-5-13-28(14-6-1)32-22-26(23-33(35-32)29-15-7-2-8-16-29)21-27-24-34(30-17-9-3-10-18-30)36-37(25-27)31-19-11-4-12-20-31/h1-25H/q+1. The van der Waals surface area contributed by atoms with Crippen molar-refractivity contribution >= 4 is 35.6 Å². The van der Waals surface area contributed by atoms with Gasteiger partial charge in [-0.25, -0.2) is 0 Å². The third-order valence-corrected chi connectivity index (χ3v) is 9.34. The molecule has 0 amide bonds. The maximum atomic E-state index is 6.58. The minimum absolute atomic E-state index is 0.837. The fraction of sp³-hybridized carbons (Fsp3) is 0. The Kier molecular flexibility index (Phi) is 6.72. The van der Waals surface area contributed by atoms with Crippen molar-refractivity contribution in [1.29, 1.82) is 0 Å². The molecular weight excluding hydrogens is 519 g/mol. The second-order valence-electron chi connectivity index (χ2n) is 8.68. The van der Waals surface area contributed by atoms with Crippen LogP contribution in [0.5, 0.6) is 0 Å². The first-order valence-corrected chi connectivity index (χ1v) is 14.8. The summed E-state index contributed by atoms with van der Waals surface area (Å²) in [6.07, 6.45) is 8.61. The SMILES string of the molecule is C(=C1C=C(c2ccccc2)OC(c2ccccc2)=C1)C1=C[Se](c2ccccc2)=[O+]C(c2ccccc2)=C1. The molecule has 0 radical (unpaired) electrons. The van der Waals surface area contributed by atoms with Gasteiger partial charge in [-0.05, 0) is 0 Å². The van der Waals surface area contributed by atoms with Crippen LogP contribution in [0.25, 0.3) is 17.3 Å². The van der Waals surface area contributed by atoms with Gasteiger partial charge in [0, 0.05) is 0 Å². The Bertz CT molecular complexity index is 1490. The van der Waals surface area contributed by atoms with E-state index in [1.807, 2.05) is 48.5 Å². The zero-order valence-corrected chi connectivity index (χ0v) is 21.9. The van der Waals surface area contributed by atoms with E-state index in [0.29, 0.717) is 0 Å². The molecule has 0 aliphatic carbocycles. The second-order valence-corrected chi connectivity index (χ2v) is 11.8. The van der Waals surface area contributed by atoms with Crippen LogP contribution in [0.1, 0.15) is 16.7 Å². The van der Waals surface area contributed by atoms with Crippen molar-refractivity contribution in [3.63, 3.8) is 0 Å². The van der Waals surface area contributed by atoms with Crippen molar-refractivity contribution in [3.05, 3.63) is 178 Å². The monoisotopic (exact) mass is 545 g/mol. The van der Waals surface area contributed by atoms with E-state index in [1.165, 1.54) is 4.46 Å². The summed E-state index contributed by atoms with van der Waals surface area (Å²) in [5.41, 5.74) is 5.41. The van der Waals surface area contributed by atoms with E-state index in [-0.39, 0.29) is 0 Å². The van der Waals surface area contributed by atoms with E-state index in [9.17, 15) is 0 Å². The van der Waals surface area contributed by atoms with E-state index in [0.717, 1.165) is 45.1 Å². The van der Waals surface area contributed by atoms with E-state index < -0.39 is 13.8 Å². The first-order chi connectivity index (χ1) is 18.3. The average Bonchev–Trinajstić information content (AvgIpc) is 2.99. The van der Waals surface area contributed by atoms with Gasteiger partial charge < -0.3 is 0 Å². The molecule has 0 fully saturated rings. The summed E-state index contributed by atoms with van der Waals surface area (Å²) < 4.78 is 14.2. The summed E-state index contributed by atoms with van der Waals surface area (Å²) in [5.74, 6) is 2.59. The molecule has 3 heteroatoms. The minimum atomic E-state index is -1.67. The molecule has 0 saturated carbocycles. The Morgan fingerprint density at radius 2 is 1.03 bits per heavy atom. The fourth-order valence-electron chi connectivity index (χ4n) is 4.22. The summed E-state index contributed by atoms with van der Waals surface area (Å²) in [4.78, 5) is 2.30. The number of rotatable bonds is 5. The predicted molar refractivity (Wildman–Crippen MR) is 153 cm³/mol. The molecule has 0 saturated heterocycles. The van der Waals surface area contributed by atoms with Crippen LogP contribution in [-0.4, -0.2) is 13.8 Å². The normalized spacial score (nSPS) is 16.9. The van der Waals surface area contributed by atoms with Gasteiger partial charge in [0.2, 0.25) is 0 Å². The molecule has 2 heterocycles. The Morgan fingerprint density at radius 1 is 0.541 bits per heavy atom. The van der Waals surface area contributed by atoms with Crippen LogP contribution in [0, 0.1) is 0 Å². The van der Waals surface area contributed by atoms with Gasteiger partial charge in [-0.2, -0.15) is 0 Å². The molecule has 4 aromatic rings. The predicted octanol–water partition coefficient (Wildman–Crippen LogP) is 7.41. The van der Waals surface area contributed by atoms with Crippen molar-refractivity contribution in [2.75, 3.05) is 0 Å². The van der Waals surface area contributed by atoms with Gasteiger partial charge in [-0.15, -0.1) is 0 Å². The molecule has 2 aliphatic rings. The van der Waals surface area contributed by atoms with Crippen LogP contribution in [0.4, 0.5) is 0 Å². The Hall–Kier alpha value is -4.30. The van der Waals surface area contributed by atoms with Gasteiger partial charge in [-0.3, -0.25) is 0 Å². The first kappa shape index (κ1) is 23.1. The topological polar surface area (TPSA) is 20.5 Å². The molecule has 1 unspecified atom stereocenters. The van der Waals surface area contributed by atoms with Crippen LogP contribution in [0.2, 0.25) is 0 Å². The van der Waals surface area contributed by atoms with Crippen molar-refractivity contribution < 1.29 is 8.20 Å². The number of hydrogen-bond acceptors (Lipinski definition) is 1. The maximum absolute atomic E-state index is 6.58. The van der Waals surface area contributed by atoms with E-state index in [2.05, 4.69) is 102 Å². The van der Waals surface area contributed by atoms with Gasteiger partial charge in [0.05, 0.1) is 0 Å². The third-order valence-electron chi connectivity index (χ3n) is 6.02. The molecule has 0 spiro atoms. The van der Waals surface area contributed by atoms with Gasteiger partial charge in [-0.1, -0.05) is 0 Å². The molecule has 178 valence electrons. The van der Waals surface area contributed by atoms with E-state index in [4.69, 9.17) is 8.20 Å². The molecule has 37 heavy (non-hydrogen) atoms. The summed E-state index contributed by atoms with van der Waals surface area (Å²) >= 11 is -1.67. The Balaban J connectivity index is 1.47. The molecule has 0 N–H and O–H groups in total. The average molecular weight is 545 g/mol. The molecule has 4 aromatic carbocycles. The van der Waals surface area contributed by atoms with Crippen molar-refractivity contribution in [2.24, 2.45) is 0 Å². The van der Waals surface area contributed by atoms with E-state index >= 15 is 0 Å². The van der Waals surface area contributed by atoms with Crippen LogP contribution in [-0.2, 0) is 8.20 Å². The van der Waals surface area contributed by atoms with Crippen molar-refractivity contribution in [3.8, 4) is 0 Å². The second kappa shape index (κ2) is 10.8. The van der Waals surface area contributed by atoms with Crippen LogP contribution < -0.4 is 4.46 Å². The molecule has 2 nitrogen and oxygen atoms in total. The number of hydrogen-bond donors (Lipinski definition) is 0. The van der Waals surface area contributed by atoms with Crippen LogP contribution in [0.3, 0.4) is 0 Å². The third kappa shape index (κ3) is 5.44. The Morgan fingerprint density at radius 3 is 1.57 bits per heavy atom. The first-order valence-electron chi connectivity index (χ1n) is 12.2. The summed E-state index contributed by atoms with van der Waals surface area (Å²) in [7, 11) is 0. The van der Waals surface area contributed by atoms with E-state index in [1.54, 1.807) is 0 Å². The fourth-order valence-corrected chi connectivity index (χ4v) is 7.21. The molecular formula is C34H25O2Se+. The van der Waals surface area contributed by atoms with Gasteiger partial charge >= 0.3 is 222 Å². The number of ether oxygens (including phenoxy) is 1. The molecule has 1 atom stereocenters. The molecule has 6 rings (SSSR count). The molecule has 2 aliphatic heterocycles. The van der Waals surface area contributed by atoms with Gasteiger partial charge in [0.15, 0.2) is 0 Å². The van der Waals surface area contributed by atoms with Crippen molar-refractivity contribution in [1.82, 2.24) is 0 Å². The Labute approximate surface area is 221 Å². The van der Waals surface area contributed by atoms with Gasteiger partial charge in [0.25, 0.3) is 0 Å².